The van der Waals surface area contributed by atoms with Gasteiger partial charge in [0, 0.05) is 84.3 Å². The Morgan fingerprint density at radius 2 is 0.915 bits per heavy atom. The van der Waals surface area contributed by atoms with Crippen LogP contribution in [0.25, 0.3) is 0 Å². The van der Waals surface area contributed by atoms with Crippen molar-refractivity contribution in [2.24, 2.45) is 0 Å². The highest BCUT2D eigenvalue weighted by Crippen LogP contribution is 2.40. The maximum Gasteiger partial charge on any atom is 0.246 e. The molecule has 4 aromatic carbocycles. The molecule has 0 bridgehead atoms. The van der Waals surface area contributed by atoms with E-state index in [-0.39, 0.29) is 114 Å². The Hall–Kier alpha value is -3.48. The van der Waals surface area contributed by atoms with Crippen molar-refractivity contribution in [1.29, 1.82) is 0 Å². The molecule has 6 rings (SSSR count). The minimum atomic E-state index is -3.81. The smallest absolute Gasteiger partial charge is 0.246 e. The number of benzene rings is 4. The van der Waals surface area contributed by atoms with Crippen molar-refractivity contribution >= 4 is 78.3 Å². The van der Waals surface area contributed by atoms with Gasteiger partial charge < -0.3 is 44.1 Å². The molecule has 388 valence electrons. The molecule has 0 saturated heterocycles. The van der Waals surface area contributed by atoms with Gasteiger partial charge in [0.15, 0.2) is 0 Å². The van der Waals surface area contributed by atoms with Gasteiger partial charge in [0.25, 0.3) is 0 Å². The quantitative estimate of drug-likeness (QED) is 0.0553. The first kappa shape index (κ1) is 56.8. The number of fused-ring (bicyclic) bond motifs is 2. The Bertz CT molecular complexity index is 2490. The number of carbonyl (C=O) groups is 2. The first-order valence-corrected chi connectivity index (χ1v) is 27.4. The third-order valence-corrected chi connectivity index (χ3v) is 15.6. The number of nitrogens with zero attached hydrogens (tertiary/aromatic N) is 2. The summed E-state index contributed by atoms with van der Waals surface area (Å²) in [6, 6.07) is 21.0. The topological polar surface area (TPSA) is 203 Å². The number of halogens is 4. The Kier molecular flexibility index (Phi) is 22.2. The lowest BCUT2D eigenvalue weighted by Gasteiger charge is -2.33. The second-order valence-electron chi connectivity index (χ2n) is 17.0. The third kappa shape index (κ3) is 17.3. The molecule has 71 heavy (non-hydrogen) atoms. The van der Waals surface area contributed by atoms with Crippen molar-refractivity contribution in [3.05, 3.63) is 126 Å². The number of ether oxygens (including phenoxy) is 5. The summed E-state index contributed by atoms with van der Waals surface area (Å²) in [5.41, 5.74) is 5.62. The molecule has 2 aliphatic heterocycles. The van der Waals surface area contributed by atoms with E-state index < -0.39 is 31.9 Å². The number of likely N-dealkylation sites (N-methyl/N-ethyl adjacent to an activating group) is 2. The van der Waals surface area contributed by atoms with E-state index >= 15 is 0 Å². The average molecular weight is 1100 g/mol. The van der Waals surface area contributed by atoms with E-state index in [9.17, 15) is 26.4 Å². The van der Waals surface area contributed by atoms with Crippen molar-refractivity contribution in [2.75, 3.05) is 119 Å². The predicted molar refractivity (Wildman–Crippen MR) is 273 cm³/mol. The van der Waals surface area contributed by atoms with Crippen molar-refractivity contribution < 1.29 is 50.1 Å². The van der Waals surface area contributed by atoms with Gasteiger partial charge in [-0.15, -0.1) is 0 Å². The molecule has 4 N–H and O–H groups in total. The lowest BCUT2D eigenvalue weighted by atomic mass is 9.85. The summed E-state index contributed by atoms with van der Waals surface area (Å²) >= 11 is 25.7. The molecule has 0 radical (unpaired) electrons. The molecule has 4 aromatic rings. The fourth-order valence-electron chi connectivity index (χ4n) is 8.23. The van der Waals surface area contributed by atoms with Crippen LogP contribution in [0.5, 0.6) is 0 Å². The minimum Gasteiger partial charge on any atom is -0.378 e. The first-order chi connectivity index (χ1) is 34.0. The van der Waals surface area contributed by atoms with E-state index in [4.69, 9.17) is 70.1 Å². The van der Waals surface area contributed by atoms with Crippen molar-refractivity contribution in [1.82, 2.24) is 29.9 Å². The van der Waals surface area contributed by atoms with Crippen LogP contribution in [0.15, 0.2) is 82.6 Å². The lowest BCUT2D eigenvalue weighted by Crippen LogP contribution is -2.34. The van der Waals surface area contributed by atoms with E-state index in [1.807, 2.05) is 38.4 Å². The summed E-state index contributed by atoms with van der Waals surface area (Å²) in [4.78, 5) is 28.7. The predicted octanol–water partition coefficient (Wildman–Crippen LogP) is 5.03. The van der Waals surface area contributed by atoms with Gasteiger partial charge in [0.2, 0.25) is 31.9 Å². The monoisotopic (exact) mass is 1100 g/mol. The fraction of sp³-hybridized carbons (Fsp3) is 0.458. The van der Waals surface area contributed by atoms with Crippen LogP contribution < -0.4 is 20.1 Å². The second kappa shape index (κ2) is 27.7. The van der Waals surface area contributed by atoms with Crippen LogP contribution in [-0.2, 0) is 66.4 Å². The standard InChI is InChI=1S/C48H60Cl4N6O11S2/c1-57-27-41(39-23-35(49)25-45(51)43(39)29-57)33-5-3-7-37(21-33)70(61,62)55-11-15-67-19-17-65-13-9-53-47(59)31-69-32-48(60)54-10-14-66-18-20-68-16-12-56-71(63,64)38-8-4-6-34(22-38)42-28-58(2)30-44-40(42)24-36(50)26-46(44)52/h3-8,21-26,41-42,55-56H,9-20,27-32H2,1-2H3,(H,53,59)(H,54,60)/t41-,42-/m0/s1. The van der Waals surface area contributed by atoms with Crippen molar-refractivity contribution in [3.8, 4) is 0 Å². The summed E-state index contributed by atoms with van der Waals surface area (Å²) in [6.07, 6.45) is 0. The summed E-state index contributed by atoms with van der Waals surface area (Å²) in [5.74, 6) is -1.05. The van der Waals surface area contributed by atoms with E-state index in [0.29, 0.717) is 46.3 Å². The summed E-state index contributed by atoms with van der Waals surface area (Å²) in [6.45, 7) is 4.19. The molecule has 0 aromatic heterocycles. The van der Waals surface area contributed by atoms with Gasteiger partial charge >= 0.3 is 0 Å². The molecule has 2 amide bonds. The molecule has 17 nitrogen and oxygen atoms in total. The van der Waals surface area contributed by atoms with Gasteiger partial charge in [-0.3, -0.25) is 9.59 Å². The Morgan fingerprint density at radius 3 is 1.31 bits per heavy atom. The maximum absolute atomic E-state index is 13.1. The molecular weight excluding hydrogens is 1040 g/mol. The van der Waals surface area contributed by atoms with Gasteiger partial charge in [0.05, 0.1) is 62.6 Å². The Morgan fingerprint density at radius 1 is 0.535 bits per heavy atom. The average Bonchev–Trinajstić information content (AvgIpc) is 3.33. The molecule has 0 fully saturated rings. The molecule has 0 spiro atoms. The van der Waals surface area contributed by atoms with E-state index in [2.05, 4.69) is 29.9 Å². The van der Waals surface area contributed by atoms with Crippen LogP contribution in [0.1, 0.15) is 45.2 Å². The zero-order valence-electron chi connectivity index (χ0n) is 39.5. The summed E-state index contributed by atoms with van der Waals surface area (Å²) in [7, 11) is -3.63. The highest BCUT2D eigenvalue weighted by molar-refractivity contribution is 7.89. The van der Waals surface area contributed by atoms with Crippen LogP contribution in [0.3, 0.4) is 0 Å². The van der Waals surface area contributed by atoms with Crippen molar-refractivity contribution in [2.45, 2.75) is 34.7 Å². The highest BCUT2D eigenvalue weighted by Gasteiger charge is 2.30. The minimum absolute atomic E-state index is 0.0600. The molecule has 23 heteroatoms. The second-order valence-corrected chi connectivity index (χ2v) is 22.2. The summed E-state index contributed by atoms with van der Waals surface area (Å²) in [5, 5.41) is 7.50. The van der Waals surface area contributed by atoms with Crippen LogP contribution in [-0.4, -0.2) is 158 Å². The van der Waals surface area contributed by atoms with Gasteiger partial charge in [-0.05, 0) is 96.0 Å². The number of rotatable bonds is 28. The van der Waals surface area contributed by atoms with Crippen LogP contribution in [0, 0.1) is 0 Å². The van der Waals surface area contributed by atoms with Gasteiger partial charge in [-0.1, -0.05) is 70.7 Å². The highest BCUT2D eigenvalue weighted by atomic mass is 35.5. The van der Waals surface area contributed by atoms with Gasteiger partial charge in [0.1, 0.15) is 13.2 Å². The zero-order chi connectivity index (χ0) is 51.0. The molecule has 2 heterocycles. The number of nitrogens with one attached hydrogen (secondary N) is 4. The zero-order valence-corrected chi connectivity index (χ0v) is 44.2. The van der Waals surface area contributed by atoms with Crippen LogP contribution >= 0.6 is 46.4 Å². The SMILES string of the molecule is CN1Cc2c(Cl)cc(Cl)cc2[C@H](c2cccc(S(=O)(=O)NCCOCCOCCNC(=O)COCC(=O)NCCOCCOCCNS(=O)(=O)c3cccc([C@@H]4CN(C)Cc5c(Cl)cc(Cl)cc54)c3)c2)C1. The first-order valence-electron chi connectivity index (χ1n) is 22.9. The number of carbonyl (C=O) groups excluding carboxylic acids is 2. The number of sulfonamides is 2. The number of hydrogen-bond acceptors (Lipinski definition) is 13. The van der Waals surface area contributed by atoms with Crippen molar-refractivity contribution in [3.63, 3.8) is 0 Å². The van der Waals surface area contributed by atoms with E-state index in [1.165, 1.54) is 0 Å². The van der Waals surface area contributed by atoms with Gasteiger partial charge in [-0.25, -0.2) is 26.3 Å². The van der Waals surface area contributed by atoms with E-state index in [1.54, 1.807) is 48.5 Å². The molecule has 0 unspecified atom stereocenters. The number of amides is 2. The molecule has 2 aliphatic rings. The van der Waals surface area contributed by atoms with Crippen LogP contribution in [0.4, 0.5) is 0 Å². The molecular formula is C48H60Cl4N6O11S2. The van der Waals surface area contributed by atoms with Gasteiger partial charge in [-0.2, -0.15) is 0 Å². The van der Waals surface area contributed by atoms with E-state index in [0.717, 1.165) is 33.4 Å². The normalized spacial score (nSPS) is 16.4. The molecule has 2 atom stereocenters. The summed E-state index contributed by atoms with van der Waals surface area (Å²) < 4.78 is 84.8. The number of hydrogen-bond donors (Lipinski definition) is 4. The lowest BCUT2D eigenvalue weighted by molar-refractivity contribution is -0.131. The third-order valence-electron chi connectivity index (χ3n) is 11.6. The Labute approximate surface area is 436 Å². The fourth-order valence-corrected chi connectivity index (χ4v) is 11.5. The maximum atomic E-state index is 13.1. The largest absolute Gasteiger partial charge is 0.378 e. The molecule has 0 aliphatic carbocycles. The molecule has 0 saturated carbocycles. The van der Waals surface area contributed by atoms with Crippen LogP contribution in [0.2, 0.25) is 20.1 Å². The Balaban J connectivity index is 0.733.